The Morgan fingerprint density at radius 3 is 2.76 bits per heavy atom. The SMILES string of the molecule is Cc1c(Cl)cccc1Nc1ccc(N)c(OCC(C)C)n1. The lowest BCUT2D eigenvalue weighted by molar-refractivity contribution is 0.263. The van der Waals surface area contributed by atoms with Gasteiger partial charge in [0.1, 0.15) is 5.82 Å². The molecule has 0 fully saturated rings. The first-order valence-electron chi connectivity index (χ1n) is 6.89. The summed E-state index contributed by atoms with van der Waals surface area (Å²) in [6, 6.07) is 9.30. The molecule has 0 spiro atoms. The molecule has 0 atom stereocenters. The topological polar surface area (TPSA) is 60.2 Å². The van der Waals surface area contributed by atoms with E-state index in [-0.39, 0.29) is 0 Å². The summed E-state index contributed by atoms with van der Waals surface area (Å²) in [4.78, 5) is 4.41. The molecule has 0 radical (unpaired) electrons. The molecule has 3 N–H and O–H groups in total. The Morgan fingerprint density at radius 2 is 2.05 bits per heavy atom. The molecule has 1 heterocycles. The van der Waals surface area contributed by atoms with Crippen molar-refractivity contribution in [1.29, 1.82) is 0 Å². The third-order valence-corrected chi connectivity index (χ3v) is 3.38. The Balaban J connectivity index is 2.20. The van der Waals surface area contributed by atoms with Crippen molar-refractivity contribution < 1.29 is 4.74 Å². The van der Waals surface area contributed by atoms with Crippen molar-refractivity contribution >= 4 is 28.8 Å². The lowest BCUT2D eigenvalue weighted by Gasteiger charge is -2.13. The van der Waals surface area contributed by atoms with Gasteiger partial charge in [0.05, 0.1) is 12.3 Å². The molecule has 0 aliphatic carbocycles. The van der Waals surface area contributed by atoms with Crippen molar-refractivity contribution in [3.63, 3.8) is 0 Å². The molecule has 0 bridgehead atoms. The summed E-state index contributed by atoms with van der Waals surface area (Å²) in [7, 11) is 0. The van der Waals surface area contributed by atoms with Gasteiger partial charge in [0.15, 0.2) is 0 Å². The third-order valence-electron chi connectivity index (χ3n) is 2.97. The zero-order chi connectivity index (χ0) is 15.4. The highest BCUT2D eigenvalue weighted by molar-refractivity contribution is 6.31. The molecule has 4 nitrogen and oxygen atoms in total. The Morgan fingerprint density at radius 1 is 1.29 bits per heavy atom. The fourth-order valence-electron chi connectivity index (χ4n) is 1.76. The number of nitrogen functional groups attached to an aromatic ring is 1. The van der Waals surface area contributed by atoms with Crippen LogP contribution in [0.25, 0.3) is 0 Å². The van der Waals surface area contributed by atoms with Crippen molar-refractivity contribution in [3.8, 4) is 5.88 Å². The largest absolute Gasteiger partial charge is 0.476 e. The summed E-state index contributed by atoms with van der Waals surface area (Å²) >= 11 is 6.12. The minimum atomic E-state index is 0.415. The van der Waals surface area contributed by atoms with E-state index in [1.54, 1.807) is 6.07 Å². The van der Waals surface area contributed by atoms with Crippen molar-refractivity contribution in [2.75, 3.05) is 17.7 Å². The van der Waals surface area contributed by atoms with E-state index in [0.29, 0.717) is 34.9 Å². The van der Waals surface area contributed by atoms with Gasteiger partial charge in [-0.25, -0.2) is 0 Å². The van der Waals surface area contributed by atoms with Gasteiger partial charge in [0.2, 0.25) is 5.88 Å². The second-order valence-electron chi connectivity index (χ2n) is 5.33. The number of hydrogen-bond donors (Lipinski definition) is 2. The number of halogens is 1. The molecule has 0 aliphatic rings. The maximum atomic E-state index is 6.12. The smallest absolute Gasteiger partial charge is 0.239 e. The van der Waals surface area contributed by atoms with Crippen LogP contribution in [0, 0.1) is 12.8 Å². The molecule has 0 unspecified atom stereocenters. The number of rotatable bonds is 5. The van der Waals surface area contributed by atoms with Crippen LogP contribution in [0.2, 0.25) is 5.02 Å². The minimum Gasteiger partial charge on any atom is -0.476 e. The van der Waals surface area contributed by atoms with Crippen molar-refractivity contribution in [2.45, 2.75) is 20.8 Å². The number of nitrogens with two attached hydrogens (primary N) is 1. The van der Waals surface area contributed by atoms with Crippen LogP contribution in [-0.2, 0) is 0 Å². The second-order valence-corrected chi connectivity index (χ2v) is 5.74. The summed E-state index contributed by atoms with van der Waals surface area (Å²) in [6.45, 7) is 6.69. The highest BCUT2D eigenvalue weighted by atomic mass is 35.5. The molecule has 2 rings (SSSR count). The van der Waals surface area contributed by atoms with Crippen LogP contribution in [-0.4, -0.2) is 11.6 Å². The molecule has 2 aromatic rings. The zero-order valence-corrected chi connectivity index (χ0v) is 13.2. The van der Waals surface area contributed by atoms with Crippen LogP contribution in [0.15, 0.2) is 30.3 Å². The van der Waals surface area contributed by atoms with Crippen molar-refractivity contribution in [2.24, 2.45) is 5.92 Å². The number of hydrogen-bond acceptors (Lipinski definition) is 4. The van der Waals surface area contributed by atoms with Crippen molar-refractivity contribution in [1.82, 2.24) is 4.98 Å². The van der Waals surface area contributed by atoms with Crippen LogP contribution in [0.5, 0.6) is 5.88 Å². The van der Waals surface area contributed by atoms with Crippen LogP contribution >= 0.6 is 11.6 Å². The Bertz CT molecular complexity index is 629. The summed E-state index contributed by atoms with van der Waals surface area (Å²) in [6.07, 6.45) is 0. The maximum Gasteiger partial charge on any atom is 0.239 e. The van der Waals surface area contributed by atoms with E-state index in [1.165, 1.54) is 0 Å². The number of benzene rings is 1. The summed E-state index contributed by atoms with van der Waals surface area (Å²) in [5, 5.41) is 3.95. The lowest BCUT2D eigenvalue weighted by Crippen LogP contribution is -2.08. The fourth-order valence-corrected chi connectivity index (χ4v) is 1.94. The molecule has 5 heteroatoms. The summed E-state index contributed by atoms with van der Waals surface area (Å²) in [5.74, 6) is 1.54. The molecule has 0 aliphatic heterocycles. The zero-order valence-electron chi connectivity index (χ0n) is 12.5. The monoisotopic (exact) mass is 305 g/mol. The lowest BCUT2D eigenvalue weighted by atomic mass is 10.2. The number of nitrogens with zero attached hydrogens (tertiary/aromatic N) is 1. The van der Waals surface area contributed by atoms with E-state index < -0.39 is 0 Å². The predicted octanol–water partition coefficient (Wildman–Crippen LogP) is 4.40. The van der Waals surface area contributed by atoms with Gasteiger partial charge in [0.25, 0.3) is 0 Å². The highest BCUT2D eigenvalue weighted by Gasteiger charge is 2.08. The van der Waals surface area contributed by atoms with E-state index >= 15 is 0 Å². The van der Waals surface area contributed by atoms with Crippen LogP contribution in [0.3, 0.4) is 0 Å². The molecule has 1 aromatic carbocycles. The maximum absolute atomic E-state index is 6.12. The van der Waals surface area contributed by atoms with E-state index in [4.69, 9.17) is 22.1 Å². The molecule has 0 amide bonds. The summed E-state index contributed by atoms with van der Waals surface area (Å²) < 4.78 is 5.63. The molecular formula is C16H20ClN3O. The normalized spacial score (nSPS) is 10.7. The van der Waals surface area contributed by atoms with E-state index in [0.717, 1.165) is 11.3 Å². The van der Waals surface area contributed by atoms with Crippen LogP contribution in [0.1, 0.15) is 19.4 Å². The van der Waals surface area contributed by atoms with Crippen LogP contribution in [0.4, 0.5) is 17.2 Å². The van der Waals surface area contributed by atoms with E-state index in [1.807, 2.05) is 31.2 Å². The average molecular weight is 306 g/mol. The number of aromatic nitrogens is 1. The molecule has 112 valence electrons. The Kier molecular flexibility index (Phi) is 4.91. The first-order chi connectivity index (χ1) is 9.97. The van der Waals surface area contributed by atoms with Crippen molar-refractivity contribution in [3.05, 3.63) is 40.9 Å². The van der Waals surface area contributed by atoms with Gasteiger partial charge in [0, 0.05) is 10.7 Å². The summed E-state index contributed by atoms with van der Waals surface area (Å²) in [5.41, 5.74) is 8.30. The number of pyridine rings is 1. The van der Waals surface area contributed by atoms with Gasteiger partial charge in [-0.3, -0.25) is 0 Å². The fraction of sp³-hybridized carbons (Fsp3) is 0.312. The Labute approximate surface area is 130 Å². The van der Waals surface area contributed by atoms with Gasteiger partial charge in [-0.2, -0.15) is 4.98 Å². The molecule has 21 heavy (non-hydrogen) atoms. The molecule has 0 saturated heterocycles. The van der Waals surface area contributed by atoms with Gasteiger partial charge in [-0.05, 0) is 42.7 Å². The first-order valence-corrected chi connectivity index (χ1v) is 7.26. The molecule has 0 saturated carbocycles. The molecule has 1 aromatic heterocycles. The predicted molar refractivity (Wildman–Crippen MR) is 88.5 cm³/mol. The number of anilines is 3. The second kappa shape index (κ2) is 6.68. The molecular weight excluding hydrogens is 286 g/mol. The standard InChI is InChI=1S/C16H20ClN3O/c1-10(2)9-21-16-13(18)7-8-15(20-16)19-14-6-4-5-12(17)11(14)3/h4-8,10H,9,18H2,1-3H3,(H,19,20). The van der Waals surface area contributed by atoms with Gasteiger partial charge < -0.3 is 15.8 Å². The number of ether oxygens (including phenoxy) is 1. The van der Waals surface area contributed by atoms with E-state index in [9.17, 15) is 0 Å². The van der Waals surface area contributed by atoms with Gasteiger partial charge >= 0.3 is 0 Å². The minimum absolute atomic E-state index is 0.415. The van der Waals surface area contributed by atoms with E-state index in [2.05, 4.69) is 24.1 Å². The van der Waals surface area contributed by atoms with Gasteiger partial charge in [-0.1, -0.05) is 31.5 Å². The van der Waals surface area contributed by atoms with Crippen LogP contribution < -0.4 is 15.8 Å². The number of nitrogens with one attached hydrogen (secondary N) is 1. The highest BCUT2D eigenvalue weighted by Crippen LogP contribution is 2.28. The first kappa shape index (κ1) is 15.4. The third kappa shape index (κ3) is 4.02. The Hall–Kier alpha value is -1.94. The quantitative estimate of drug-likeness (QED) is 0.859. The van der Waals surface area contributed by atoms with Gasteiger partial charge in [-0.15, -0.1) is 0 Å². The average Bonchev–Trinajstić information content (AvgIpc) is 2.44.